The summed E-state index contributed by atoms with van der Waals surface area (Å²) in [5.74, 6) is -0.171. The predicted octanol–water partition coefficient (Wildman–Crippen LogP) is 3.11. The molecular weight excluding hydrogens is 260 g/mol. The molecule has 20 heavy (non-hydrogen) atoms. The SMILES string of the molecule is C.C.COCCOC(=O)Nc1cccc(NC(C)=O)c1. The quantitative estimate of drug-likeness (QED) is 0.814. The van der Waals surface area contributed by atoms with Crippen molar-refractivity contribution in [2.75, 3.05) is 31.0 Å². The lowest BCUT2D eigenvalue weighted by molar-refractivity contribution is -0.114. The monoisotopic (exact) mass is 284 g/mol. The average Bonchev–Trinajstić information content (AvgIpc) is 2.28. The molecule has 0 bridgehead atoms. The van der Waals surface area contributed by atoms with Crippen LogP contribution in [-0.4, -0.2) is 32.3 Å². The van der Waals surface area contributed by atoms with Crippen molar-refractivity contribution in [3.63, 3.8) is 0 Å². The number of benzene rings is 1. The Bertz CT molecular complexity index is 421. The fraction of sp³-hybridized carbons (Fsp3) is 0.429. The van der Waals surface area contributed by atoms with Gasteiger partial charge in [-0.25, -0.2) is 4.79 Å². The van der Waals surface area contributed by atoms with Crippen molar-refractivity contribution in [1.29, 1.82) is 0 Å². The molecule has 6 nitrogen and oxygen atoms in total. The smallest absolute Gasteiger partial charge is 0.411 e. The summed E-state index contributed by atoms with van der Waals surface area (Å²) >= 11 is 0. The van der Waals surface area contributed by atoms with E-state index in [1.165, 1.54) is 14.0 Å². The van der Waals surface area contributed by atoms with Gasteiger partial charge in [0.2, 0.25) is 5.91 Å². The van der Waals surface area contributed by atoms with Gasteiger partial charge in [0.25, 0.3) is 0 Å². The van der Waals surface area contributed by atoms with Crippen LogP contribution in [0.4, 0.5) is 16.2 Å². The number of carbonyl (C=O) groups excluding carboxylic acids is 2. The molecule has 0 spiro atoms. The Hall–Kier alpha value is -2.08. The number of methoxy groups -OCH3 is 1. The van der Waals surface area contributed by atoms with Gasteiger partial charge in [0.15, 0.2) is 0 Å². The Kier molecular flexibility index (Phi) is 10.9. The summed E-state index contributed by atoms with van der Waals surface area (Å²) in [6.07, 6.45) is -0.563. The second-order valence-corrected chi connectivity index (χ2v) is 3.52. The first-order valence-electron chi connectivity index (χ1n) is 5.42. The number of anilines is 2. The molecule has 0 saturated carbocycles. The third-order valence-corrected chi connectivity index (χ3v) is 1.95. The Morgan fingerprint density at radius 3 is 2.25 bits per heavy atom. The van der Waals surface area contributed by atoms with Gasteiger partial charge in [0, 0.05) is 25.4 Å². The number of ether oxygens (including phenoxy) is 2. The van der Waals surface area contributed by atoms with E-state index in [0.29, 0.717) is 18.0 Å². The molecule has 0 atom stereocenters. The third-order valence-electron chi connectivity index (χ3n) is 1.95. The summed E-state index contributed by atoms with van der Waals surface area (Å²) in [4.78, 5) is 22.2. The molecule has 0 saturated heterocycles. The zero-order valence-corrected chi connectivity index (χ0v) is 10.4. The number of hydrogen-bond donors (Lipinski definition) is 2. The molecule has 0 aliphatic rings. The zero-order chi connectivity index (χ0) is 13.4. The van der Waals surface area contributed by atoms with Crippen LogP contribution in [-0.2, 0) is 14.3 Å². The molecule has 0 unspecified atom stereocenters. The Morgan fingerprint density at radius 2 is 1.70 bits per heavy atom. The van der Waals surface area contributed by atoms with Crippen LogP contribution < -0.4 is 10.6 Å². The van der Waals surface area contributed by atoms with Crippen LogP contribution in [0.1, 0.15) is 21.8 Å². The molecule has 0 aromatic heterocycles. The van der Waals surface area contributed by atoms with E-state index in [1.54, 1.807) is 24.3 Å². The number of carbonyl (C=O) groups is 2. The van der Waals surface area contributed by atoms with Crippen molar-refractivity contribution in [2.24, 2.45) is 0 Å². The highest BCUT2D eigenvalue weighted by Crippen LogP contribution is 2.15. The highest BCUT2D eigenvalue weighted by Gasteiger charge is 2.03. The summed E-state index contributed by atoms with van der Waals surface area (Å²) in [5, 5.41) is 5.17. The molecule has 0 aliphatic carbocycles. The first-order chi connectivity index (χ1) is 8.61. The minimum atomic E-state index is -0.563. The molecule has 2 amide bonds. The maximum atomic E-state index is 11.3. The van der Waals surface area contributed by atoms with E-state index in [9.17, 15) is 9.59 Å². The Labute approximate surface area is 120 Å². The molecule has 0 fully saturated rings. The van der Waals surface area contributed by atoms with Gasteiger partial charge in [-0.05, 0) is 18.2 Å². The molecule has 6 heteroatoms. The van der Waals surface area contributed by atoms with Crippen molar-refractivity contribution < 1.29 is 19.1 Å². The van der Waals surface area contributed by atoms with E-state index >= 15 is 0 Å². The minimum Gasteiger partial charge on any atom is -0.447 e. The number of amides is 2. The van der Waals surface area contributed by atoms with Gasteiger partial charge < -0.3 is 14.8 Å². The lowest BCUT2D eigenvalue weighted by Crippen LogP contribution is -2.16. The maximum Gasteiger partial charge on any atom is 0.411 e. The van der Waals surface area contributed by atoms with E-state index in [4.69, 9.17) is 9.47 Å². The fourth-order valence-electron chi connectivity index (χ4n) is 1.25. The van der Waals surface area contributed by atoms with Crippen LogP contribution in [0.25, 0.3) is 0 Å². The number of rotatable bonds is 5. The van der Waals surface area contributed by atoms with Crippen molar-refractivity contribution >= 4 is 23.4 Å². The van der Waals surface area contributed by atoms with Crippen LogP contribution in [0.5, 0.6) is 0 Å². The van der Waals surface area contributed by atoms with Crippen LogP contribution in [0, 0.1) is 0 Å². The summed E-state index contributed by atoms with van der Waals surface area (Å²) in [6, 6.07) is 6.78. The topological polar surface area (TPSA) is 76.7 Å². The lowest BCUT2D eigenvalue weighted by atomic mass is 10.3. The standard InChI is InChI=1S/C12H16N2O4.2CH4/c1-9(15)13-10-4-3-5-11(8-10)14-12(16)18-7-6-17-2;;/h3-5,8H,6-7H2,1-2H3,(H,13,15)(H,14,16);2*1H4. The molecule has 114 valence electrons. The van der Waals surface area contributed by atoms with E-state index in [-0.39, 0.29) is 27.4 Å². The first kappa shape index (κ1) is 20.2. The Balaban J connectivity index is 0. The van der Waals surface area contributed by atoms with Gasteiger partial charge in [-0.15, -0.1) is 0 Å². The zero-order valence-electron chi connectivity index (χ0n) is 10.4. The molecule has 1 aromatic carbocycles. The van der Waals surface area contributed by atoms with Crippen LogP contribution >= 0.6 is 0 Å². The largest absolute Gasteiger partial charge is 0.447 e. The molecule has 0 radical (unpaired) electrons. The van der Waals surface area contributed by atoms with Gasteiger partial charge in [-0.2, -0.15) is 0 Å². The summed E-state index contributed by atoms with van der Waals surface area (Å²) in [7, 11) is 1.53. The predicted molar refractivity (Wildman–Crippen MR) is 81.1 cm³/mol. The van der Waals surface area contributed by atoms with Crippen molar-refractivity contribution in [3.05, 3.63) is 24.3 Å². The number of nitrogens with one attached hydrogen (secondary N) is 2. The molecule has 1 aromatic rings. The van der Waals surface area contributed by atoms with E-state index < -0.39 is 6.09 Å². The highest BCUT2D eigenvalue weighted by atomic mass is 16.6. The normalized spacial score (nSPS) is 8.70. The van der Waals surface area contributed by atoms with E-state index in [1.807, 2.05) is 0 Å². The van der Waals surface area contributed by atoms with E-state index in [2.05, 4.69) is 10.6 Å². The summed E-state index contributed by atoms with van der Waals surface area (Å²) < 4.78 is 9.60. The molecule has 0 heterocycles. The van der Waals surface area contributed by atoms with Gasteiger partial charge >= 0.3 is 6.09 Å². The van der Waals surface area contributed by atoms with Crippen molar-refractivity contribution in [2.45, 2.75) is 21.8 Å². The molecular formula is C14H24N2O4. The second kappa shape index (κ2) is 10.8. The number of hydrogen-bond acceptors (Lipinski definition) is 4. The van der Waals surface area contributed by atoms with Gasteiger partial charge in [0.1, 0.15) is 6.61 Å². The maximum absolute atomic E-state index is 11.3. The third kappa shape index (κ3) is 8.10. The van der Waals surface area contributed by atoms with Gasteiger partial charge in [0.05, 0.1) is 6.61 Å². The van der Waals surface area contributed by atoms with Crippen LogP contribution in [0.15, 0.2) is 24.3 Å². The first-order valence-corrected chi connectivity index (χ1v) is 5.42. The minimum absolute atomic E-state index is 0. The van der Waals surface area contributed by atoms with Crippen LogP contribution in [0.2, 0.25) is 0 Å². The van der Waals surface area contributed by atoms with Crippen LogP contribution in [0.3, 0.4) is 0 Å². The summed E-state index contributed by atoms with van der Waals surface area (Å²) in [5.41, 5.74) is 1.15. The highest BCUT2D eigenvalue weighted by molar-refractivity contribution is 5.90. The van der Waals surface area contributed by atoms with Crippen molar-refractivity contribution in [3.8, 4) is 0 Å². The Morgan fingerprint density at radius 1 is 1.10 bits per heavy atom. The lowest BCUT2D eigenvalue weighted by Gasteiger charge is -2.08. The molecule has 0 aliphatic heterocycles. The van der Waals surface area contributed by atoms with Crippen molar-refractivity contribution in [1.82, 2.24) is 0 Å². The summed E-state index contributed by atoms with van der Waals surface area (Å²) in [6.45, 7) is 1.95. The average molecular weight is 284 g/mol. The fourth-order valence-corrected chi connectivity index (χ4v) is 1.25. The van der Waals surface area contributed by atoms with E-state index in [0.717, 1.165) is 0 Å². The molecule has 2 N–H and O–H groups in total. The molecule has 1 rings (SSSR count). The second-order valence-electron chi connectivity index (χ2n) is 3.52. The van der Waals surface area contributed by atoms with Gasteiger partial charge in [-0.3, -0.25) is 10.1 Å². The van der Waals surface area contributed by atoms with Gasteiger partial charge in [-0.1, -0.05) is 20.9 Å².